The second kappa shape index (κ2) is 9.82. The predicted octanol–water partition coefficient (Wildman–Crippen LogP) is 3.28. The molecule has 0 bridgehead atoms. The molecule has 0 radical (unpaired) electrons. The molecule has 0 N–H and O–H groups in total. The lowest BCUT2D eigenvalue weighted by atomic mass is 10.2. The summed E-state index contributed by atoms with van der Waals surface area (Å²) in [6.07, 6.45) is 5.52. The van der Waals surface area contributed by atoms with Crippen molar-refractivity contribution >= 4 is 0 Å². The molecule has 0 saturated carbocycles. The van der Waals surface area contributed by atoms with Gasteiger partial charge in [-0.2, -0.15) is 0 Å². The Labute approximate surface area is 181 Å². The first-order valence-electron chi connectivity index (χ1n) is 9.91. The SMILES string of the molecule is COc1ccc(-n2cc(CN(Cc3ccccn3)Cc3ccccn3)nn2)c(OC)c1. The fourth-order valence-electron chi connectivity index (χ4n) is 3.30. The zero-order valence-corrected chi connectivity index (χ0v) is 17.5. The van der Waals surface area contributed by atoms with Crippen LogP contribution in [0.4, 0.5) is 0 Å². The van der Waals surface area contributed by atoms with E-state index in [2.05, 4.69) is 25.2 Å². The van der Waals surface area contributed by atoms with Gasteiger partial charge in [-0.25, -0.2) is 4.68 Å². The average Bonchev–Trinajstić information content (AvgIpc) is 3.28. The van der Waals surface area contributed by atoms with E-state index >= 15 is 0 Å². The van der Waals surface area contributed by atoms with E-state index in [9.17, 15) is 0 Å². The van der Waals surface area contributed by atoms with E-state index in [1.165, 1.54) is 0 Å². The maximum atomic E-state index is 5.50. The number of rotatable bonds is 9. The van der Waals surface area contributed by atoms with Crippen molar-refractivity contribution in [3.63, 3.8) is 0 Å². The van der Waals surface area contributed by atoms with Crippen LogP contribution in [0.5, 0.6) is 11.5 Å². The number of aromatic nitrogens is 5. The van der Waals surface area contributed by atoms with Crippen molar-refractivity contribution in [2.24, 2.45) is 0 Å². The van der Waals surface area contributed by atoms with Crippen LogP contribution in [0.3, 0.4) is 0 Å². The van der Waals surface area contributed by atoms with Crippen molar-refractivity contribution in [3.8, 4) is 17.2 Å². The Morgan fingerprint density at radius 1 is 0.806 bits per heavy atom. The van der Waals surface area contributed by atoms with Crippen LogP contribution in [-0.2, 0) is 19.6 Å². The summed E-state index contributed by atoms with van der Waals surface area (Å²) in [5, 5.41) is 8.68. The Bertz CT molecular complexity index is 1060. The van der Waals surface area contributed by atoms with Gasteiger partial charge in [0.1, 0.15) is 17.2 Å². The summed E-state index contributed by atoms with van der Waals surface area (Å²) >= 11 is 0. The topological polar surface area (TPSA) is 78.2 Å². The molecule has 0 aliphatic carbocycles. The lowest BCUT2D eigenvalue weighted by Crippen LogP contribution is -2.23. The van der Waals surface area contributed by atoms with Gasteiger partial charge >= 0.3 is 0 Å². The maximum absolute atomic E-state index is 5.50. The minimum absolute atomic E-state index is 0.603. The molecular weight excluding hydrogens is 392 g/mol. The van der Waals surface area contributed by atoms with Gasteiger partial charge in [-0.3, -0.25) is 14.9 Å². The normalized spacial score (nSPS) is 10.9. The number of benzene rings is 1. The third kappa shape index (κ3) is 5.23. The number of methoxy groups -OCH3 is 2. The van der Waals surface area contributed by atoms with Crippen molar-refractivity contribution < 1.29 is 9.47 Å². The van der Waals surface area contributed by atoms with Crippen molar-refractivity contribution in [3.05, 3.63) is 90.3 Å². The maximum Gasteiger partial charge on any atom is 0.148 e. The highest BCUT2D eigenvalue weighted by Crippen LogP contribution is 2.27. The second-order valence-electron chi connectivity index (χ2n) is 6.98. The number of ether oxygens (including phenoxy) is 2. The van der Waals surface area contributed by atoms with Crippen molar-refractivity contribution in [2.75, 3.05) is 14.2 Å². The molecule has 0 fully saturated rings. The zero-order chi connectivity index (χ0) is 21.5. The molecule has 0 aliphatic heterocycles. The monoisotopic (exact) mass is 416 g/mol. The standard InChI is InChI=1S/C23H24N6O2/c1-30-21-9-10-22(23(13-21)31-2)29-17-20(26-27-29)16-28(14-18-7-3-5-11-24-18)15-19-8-4-6-12-25-19/h3-13,17H,14-16H2,1-2H3. The van der Waals surface area contributed by atoms with Gasteiger partial charge in [-0.1, -0.05) is 17.3 Å². The predicted molar refractivity (Wildman–Crippen MR) is 116 cm³/mol. The van der Waals surface area contributed by atoms with Crippen LogP contribution in [0.15, 0.2) is 73.2 Å². The first-order chi connectivity index (χ1) is 15.2. The Morgan fingerprint density at radius 3 is 2.06 bits per heavy atom. The van der Waals surface area contributed by atoms with Crippen LogP contribution in [0.2, 0.25) is 0 Å². The van der Waals surface area contributed by atoms with Gasteiger partial charge in [0, 0.05) is 38.1 Å². The van der Waals surface area contributed by atoms with Gasteiger partial charge < -0.3 is 9.47 Å². The van der Waals surface area contributed by atoms with Gasteiger partial charge in [0.05, 0.1) is 37.5 Å². The summed E-state index contributed by atoms with van der Waals surface area (Å²) in [6.45, 7) is 1.96. The van der Waals surface area contributed by atoms with Crippen LogP contribution in [0.25, 0.3) is 5.69 Å². The Kier molecular flexibility index (Phi) is 6.49. The first-order valence-corrected chi connectivity index (χ1v) is 9.91. The molecule has 0 saturated heterocycles. The number of pyridine rings is 2. The third-order valence-corrected chi connectivity index (χ3v) is 4.78. The minimum atomic E-state index is 0.603. The van der Waals surface area contributed by atoms with E-state index in [1.807, 2.05) is 60.8 Å². The summed E-state index contributed by atoms with van der Waals surface area (Å²) in [6, 6.07) is 17.4. The van der Waals surface area contributed by atoms with Crippen molar-refractivity contribution in [2.45, 2.75) is 19.6 Å². The molecule has 8 nitrogen and oxygen atoms in total. The Morgan fingerprint density at radius 2 is 1.48 bits per heavy atom. The number of hydrogen-bond acceptors (Lipinski definition) is 7. The Balaban J connectivity index is 1.55. The highest BCUT2D eigenvalue weighted by atomic mass is 16.5. The van der Waals surface area contributed by atoms with E-state index in [-0.39, 0.29) is 0 Å². The molecule has 4 rings (SSSR count). The van der Waals surface area contributed by atoms with Crippen LogP contribution < -0.4 is 9.47 Å². The third-order valence-electron chi connectivity index (χ3n) is 4.78. The van der Waals surface area contributed by atoms with E-state index < -0.39 is 0 Å². The molecule has 8 heteroatoms. The van der Waals surface area contributed by atoms with E-state index in [4.69, 9.17) is 9.47 Å². The zero-order valence-electron chi connectivity index (χ0n) is 17.5. The molecule has 31 heavy (non-hydrogen) atoms. The first kappa shape index (κ1) is 20.5. The van der Waals surface area contributed by atoms with E-state index in [1.54, 1.807) is 31.3 Å². The smallest absolute Gasteiger partial charge is 0.148 e. The van der Waals surface area contributed by atoms with Gasteiger partial charge in [-0.15, -0.1) is 5.10 Å². The molecule has 3 heterocycles. The Hall–Kier alpha value is -3.78. The summed E-state index contributed by atoms with van der Waals surface area (Å²) in [7, 11) is 3.25. The minimum Gasteiger partial charge on any atom is -0.497 e. The molecule has 0 amide bonds. The summed E-state index contributed by atoms with van der Waals surface area (Å²) < 4.78 is 12.5. The summed E-state index contributed by atoms with van der Waals surface area (Å²) in [5.41, 5.74) is 3.61. The van der Waals surface area contributed by atoms with Crippen LogP contribution in [-0.4, -0.2) is 44.1 Å². The van der Waals surface area contributed by atoms with E-state index in [0.717, 1.165) is 28.5 Å². The fraction of sp³-hybridized carbons (Fsp3) is 0.217. The van der Waals surface area contributed by atoms with Crippen LogP contribution in [0, 0.1) is 0 Å². The molecule has 4 aromatic rings. The van der Waals surface area contributed by atoms with Crippen LogP contribution in [0.1, 0.15) is 17.1 Å². The van der Waals surface area contributed by atoms with E-state index in [0.29, 0.717) is 25.4 Å². The van der Waals surface area contributed by atoms with Crippen molar-refractivity contribution in [1.29, 1.82) is 0 Å². The van der Waals surface area contributed by atoms with Gasteiger partial charge in [0.15, 0.2) is 0 Å². The molecule has 3 aromatic heterocycles. The highest BCUT2D eigenvalue weighted by molar-refractivity contribution is 5.50. The molecule has 1 aromatic carbocycles. The lowest BCUT2D eigenvalue weighted by molar-refractivity contribution is 0.238. The lowest BCUT2D eigenvalue weighted by Gasteiger charge is -2.20. The summed E-state index contributed by atoms with van der Waals surface area (Å²) in [5.74, 6) is 1.38. The molecular formula is C23H24N6O2. The highest BCUT2D eigenvalue weighted by Gasteiger charge is 2.14. The molecule has 0 aliphatic rings. The number of nitrogens with zero attached hydrogens (tertiary/aromatic N) is 6. The molecule has 0 spiro atoms. The van der Waals surface area contributed by atoms with Crippen LogP contribution >= 0.6 is 0 Å². The quantitative estimate of drug-likeness (QED) is 0.414. The number of hydrogen-bond donors (Lipinski definition) is 0. The molecule has 0 atom stereocenters. The average molecular weight is 416 g/mol. The van der Waals surface area contributed by atoms with Crippen molar-refractivity contribution in [1.82, 2.24) is 29.9 Å². The van der Waals surface area contributed by atoms with Gasteiger partial charge in [-0.05, 0) is 36.4 Å². The van der Waals surface area contributed by atoms with Gasteiger partial charge in [0.2, 0.25) is 0 Å². The molecule has 158 valence electrons. The van der Waals surface area contributed by atoms with Gasteiger partial charge in [0.25, 0.3) is 0 Å². The largest absolute Gasteiger partial charge is 0.497 e. The fourth-order valence-corrected chi connectivity index (χ4v) is 3.30. The summed E-state index contributed by atoms with van der Waals surface area (Å²) in [4.78, 5) is 11.2. The second-order valence-corrected chi connectivity index (χ2v) is 6.98. The molecule has 0 unspecified atom stereocenters.